The molecule has 0 bridgehead atoms. The zero-order valence-electron chi connectivity index (χ0n) is 18.9. The van der Waals surface area contributed by atoms with Crippen LogP contribution in [0.4, 0.5) is 14.9 Å². The minimum atomic E-state index is -0.706. The number of benzene rings is 2. The van der Waals surface area contributed by atoms with E-state index < -0.39 is 18.0 Å². The molecule has 0 radical (unpaired) electrons. The van der Waals surface area contributed by atoms with Gasteiger partial charge in [0.2, 0.25) is 0 Å². The standard InChI is InChI=1S/C25H29FN4O3/c1-3-33-24(31)22-21(27-25(32)28-23(22)18-7-9-19(26)10-8-18)16-29-11-13-30(14-12-29)20-6-4-5-17(2)15-20/h4-10,15,23H,3,11-14,16H2,1-2H3,(H2,27,28,32)/t23-/m1/s1. The van der Waals surface area contributed by atoms with Crippen molar-refractivity contribution < 1.29 is 18.7 Å². The molecule has 2 aromatic carbocycles. The summed E-state index contributed by atoms with van der Waals surface area (Å²) in [6.07, 6.45) is 0. The SMILES string of the molecule is CCOC(=O)C1=C(CN2CCN(c3cccc(C)c3)CC2)NC(=O)N[C@@H]1c1ccc(F)cc1. The van der Waals surface area contributed by atoms with Crippen LogP contribution in [0.15, 0.2) is 59.8 Å². The van der Waals surface area contributed by atoms with Crippen molar-refractivity contribution in [3.8, 4) is 0 Å². The third-order valence-corrected chi connectivity index (χ3v) is 5.97. The summed E-state index contributed by atoms with van der Waals surface area (Å²) in [7, 11) is 0. The number of piperazine rings is 1. The highest BCUT2D eigenvalue weighted by atomic mass is 19.1. The van der Waals surface area contributed by atoms with Gasteiger partial charge in [0.05, 0.1) is 18.2 Å². The van der Waals surface area contributed by atoms with Crippen molar-refractivity contribution in [2.75, 3.05) is 44.2 Å². The second-order valence-electron chi connectivity index (χ2n) is 8.30. The van der Waals surface area contributed by atoms with E-state index in [1.54, 1.807) is 19.1 Å². The maximum absolute atomic E-state index is 13.5. The highest BCUT2D eigenvalue weighted by Gasteiger charge is 2.34. The van der Waals surface area contributed by atoms with Crippen molar-refractivity contribution in [2.45, 2.75) is 19.9 Å². The van der Waals surface area contributed by atoms with Crippen LogP contribution in [0.1, 0.15) is 24.1 Å². The molecular weight excluding hydrogens is 423 g/mol. The number of carbonyl (C=O) groups excluding carboxylic acids is 2. The van der Waals surface area contributed by atoms with Gasteiger partial charge < -0.3 is 20.3 Å². The number of amides is 2. The zero-order chi connectivity index (χ0) is 23.4. The molecule has 174 valence electrons. The fraction of sp³-hybridized carbons (Fsp3) is 0.360. The molecule has 4 rings (SSSR count). The lowest BCUT2D eigenvalue weighted by molar-refractivity contribution is -0.139. The molecule has 2 heterocycles. The second kappa shape index (κ2) is 10.0. The van der Waals surface area contributed by atoms with Crippen LogP contribution < -0.4 is 15.5 Å². The number of anilines is 1. The van der Waals surface area contributed by atoms with Gasteiger partial charge in [0.15, 0.2) is 0 Å². The first kappa shape index (κ1) is 22.8. The van der Waals surface area contributed by atoms with Crippen molar-refractivity contribution >= 4 is 17.7 Å². The van der Waals surface area contributed by atoms with Gasteiger partial charge in [-0.2, -0.15) is 0 Å². The molecule has 2 N–H and O–H groups in total. The monoisotopic (exact) mass is 452 g/mol. The first-order chi connectivity index (χ1) is 15.9. The van der Waals surface area contributed by atoms with Gasteiger partial charge in [0.1, 0.15) is 5.82 Å². The van der Waals surface area contributed by atoms with E-state index >= 15 is 0 Å². The van der Waals surface area contributed by atoms with Gasteiger partial charge in [-0.1, -0.05) is 24.3 Å². The van der Waals surface area contributed by atoms with Crippen LogP contribution in [-0.2, 0) is 9.53 Å². The van der Waals surface area contributed by atoms with E-state index in [2.05, 4.69) is 51.6 Å². The maximum atomic E-state index is 13.5. The highest BCUT2D eigenvalue weighted by Crippen LogP contribution is 2.29. The number of hydrogen-bond acceptors (Lipinski definition) is 5. The summed E-state index contributed by atoms with van der Waals surface area (Å²) in [5.74, 6) is -0.875. The Morgan fingerprint density at radius 1 is 1.12 bits per heavy atom. The molecular formula is C25H29FN4O3. The van der Waals surface area contributed by atoms with E-state index in [4.69, 9.17) is 4.74 Å². The van der Waals surface area contributed by atoms with E-state index in [9.17, 15) is 14.0 Å². The first-order valence-electron chi connectivity index (χ1n) is 11.2. The Kier molecular flexibility index (Phi) is 6.93. The van der Waals surface area contributed by atoms with Crippen LogP contribution in [0, 0.1) is 12.7 Å². The van der Waals surface area contributed by atoms with Gasteiger partial charge in [-0.3, -0.25) is 4.90 Å². The van der Waals surface area contributed by atoms with Crippen LogP contribution in [0.2, 0.25) is 0 Å². The summed E-state index contributed by atoms with van der Waals surface area (Å²) in [5, 5.41) is 5.60. The van der Waals surface area contributed by atoms with Gasteiger partial charge in [0.25, 0.3) is 0 Å². The van der Waals surface area contributed by atoms with Gasteiger partial charge in [-0.25, -0.2) is 14.0 Å². The van der Waals surface area contributed by atoms with Crippen LogP contribution >= 0.6 is 0 Å². The first-order valence-corrected chi connectivity index (χ1v) is 11.2. The minimum absolute atomic E-state index is 0.217. The van der Waals surface area contributed by atoms with E-state index in [1.165, 1.54) is 23.4 Å². The third-order valence-electron chi connectivity index (χ3n) is 5.97. The lowest BCUT2D eigenvalue weighted by Gasteiger charge is -2.38. The van der Waals surface area contributed by atoms with Crippen molar-refractivity contribution in [2.24, 2.45) is 0 Å². The number of nitrogens with one attached hydrogen (secondary N) is 2. The van der Waals surface area contributed by atoms with Gasteiger partial charge in [-0.05, 0) is 49.2 Å². The number of hydrogen-bond donors (Lipinski definition) is 2. The van der Waals surface area contributed by atoms with Crippen molar-refractivity contribution in [3.63, 3.8) is 0 Å². The largest absolute Gasteiger partial charge is 0.463 e. The average molecular weight is 453 g/mol. The highest BCUT2D eigenvalue weighted by molar-refractivity contribution is 5.95. The molecule has 1 atom stereocenters. The summed E-state index contributed by atoms with van der Waals surface area (Å²) in [6, 6.07) is 13.1. The second-order valence-corrected chi connectivity index (χ2v) is 8.30. The van der Waals surface area contributed by atoms with Crippen molar-refractivity contribution in [1.82, 2.24) is 15.5 Å². The molecule has 1 saturated heterocycles. The number of ether oxygens (including phenoxy) is 1. The fourth-order valence-corrected chi connectivity index (χ4v) is 4.31. The summed E-state index contributed by atoms with van der Waals surface area (Å²) < 4.78 is 18.8. The van der Waals surface area contributed by atoms with E-state index in [1.807, 2.05) is 0 Å². The summed E-state index contributed by atoms with van der Waals surface area (Å²) >= 11 is 0. The maximum Gasteiger partial charge on any atom is 0.338 e. The van der Waals surface area contributed by atoms with Gasteiger partial charge in [-0.15, -0.1) is 0 Å². The smallest absolute Gasteiger partial charge is 0.338 e. The molecule has 2 aromatic rings. The molecule has 7 nitrogen and oxygen atoms in total. The molecule has 2 aliphatic rings. The van der Waals surface area contributed by atoms with E-state index in [0.717, 1.165) is 26.2 Å². The van der Waals surface area contributed by atoms with Crippen LogP contribution in [0.5, 0.6) is 0 Å². The molecule has 0 spiro atoms. The Hall–Kier alpha value is -3.39. The molecule has 8 heteroatoms. The summed E-state index contributed by atoms with van der Waals surface area (Å²) in [6.45, 7) is 7.73. The normalized spacial score (nSPS) is 19.2. The predicted octanol–water partition coefficient (Wildman–Crippen LogP) is 3.13. The van der Waals surface area contributed by atoms with Gasteiger partial charge >= 0.3 is 12.0 Å². The molecule has 33 heavy (non-hydrogen) atoms. The number of rotatable bonds is 6. The summed E-state index contributed by atoms with van der Waals surface area (Å²) in [4.78, 5) is 29.9. The zero-order valence-corrected chi connectivity index (χ0v) is 18.9. The van der Waals surface area contributed by atoms with Crippen molar-refractivity contribution in [1.29, 1.82) is 0 Å². The Morgan fingerprint density at radius 2 is 1.85 bits per heavy atom. The number of carbonyl (C=O) groups is 2. The molecule has 1 fully saturated rings. The average Bonchev–Trinajstić information content (AvgIpc) is 2.80. The van der Waals surface area contributed by atoms with E-state index in [-0.39, 0.29) is 12.4 Å². The topological polar surface area (TPSA) is 73.9 Å². The Labute approximate surface area is 193 Å². The third kappa shape index (κ3) is 5.34. The van der Waals surface area contributed by atoms with Crippen molar-refractivity contribution in [3.05, 3.63) is 76.7 Å². The van der Waals surface area contributed by atoms with Crippen LogP contribution in [0.25, 0.3) is 0 Å². The molecule has 2 amide bonds. The summed E-state index contributed by atoms with van der Waals surface area (Å²) in [5.41, 5.74) is 3.92. The molecule has 0 saturated carbocycles. The predicted molar refractivity (Wildman–Crippen MR) is 124 cm³/mol. The number of halogens is 1. The number of aryl methyl sites for hydroxylation is 1. The van der Waals surface area contributed by atoms with E-state index in [0.29, 0.717) is 23.4 Å². The molecule has 2 aliphatic heterocycles. The van der Waals surface area contributed by atoms with Crippen LogP contribution in [-0.4, -0.2) is 56.2 Å². The lowest BCUT2D eigenvalue weighted by atomic mass is 9.95. The Bertz CT molecular complexity index is 1050. The number of esters is 1. The Morgan fingerprint density at radius 3 is 2.52 bits per heavy atom. The molecule has 0 aromatic heterocycles. The van der Waals surface area contributed by atoms with Crippen LogP contribution in [0.3, 0.4) is 0 Å². The lowest BCUT2D eigenvalue weighted by Crippen LogP contribution is -2.51. The van der Waals surface area contributed by atoms with Gasteiger partial charge in [0, 0.05) is 44.1 Å². The number of urea groups is 1. The quantitative estimate of drug-likeness (QED) is 0.659. The number of nitrogens with zero attached hydrogens (tertiary/aromatic N) is 2. The molecule has 0 unspecified atom stereocenters. The Balaban J connectivity index is 1.55. The fourth-order valence-electron chi connectivity index (χ4n) is 4.31. The minimum Gasteiger partial charge on any atom is -0.463 e. The molecule has 0 aliphatic carbocycles.